The van der Waals surface area contributed by atoms with Gasteiger partial charge in [0.05, 0.1) is 11.9 Å². The molecule has 3 aromatic heterocycles. The van der Waals surface area contributed by atoms with Crippen LogP contribution in [0.15, 0.2) is 60.8 Å². The van der Waals surface area contributed by atoms with Crippen molar-refractivity contribution >= 4 is 5.91 Å². The molecule has 1 saturated carbocycles. The van der Waals surface area contributed by atoms with Crippen LogP contribution in [-0.2, 0) is 0 Å². The zero-order valence-electron chi connectivity index (χ0n) is 17.7. The number of halogens is 2. The largest absolute Gasteiger partial charge is 0.348 e. The van der Waals surface area contributed by atoms with Gasteiger partial charge in [-0.2, -0.15) is 0 Å². The van der Waals surface area contributed by atoms with Gasteiger partial charge >= 0.3 is 0 Å². The average molecular weight is 446 g/mol. The van der Waals surface area contributed by atoms with Crippen molar-refractivity contribution in [1.82, 2.24) is 30.0 Å². The molecule has 166 valence electrons. The fraction of sp³-hybridized carbons (Fsp3) is 0.208. The van der Waals surface area contributed by atoms with Crippen LogP contribution >= 0.6 is 0 Å². The smallest absolute Gasteiger partial charge is 0.270 e. The average Bonchev–Trinajstić information content (AvgIpc) is 3.21. The highest BCUT2D eigenvalue weighted by Crippen LogP contribution is 2.38. The molecule has 4 aromatic rings. The van der Waals surface area contributed by atoms with Crippen LogP contribution < -0.4 is 5.32 Å². The molecule has 1 N–H and O–H groups in total. The first-order chi connectivity index (χ1) is 16.0. The van der Waals surface area contributed by atoms with Crippen LogP contribution in [0.4, 0.5) is 8.78 Å². The Morgan fingerprint density at radius 3 is 2.58 bits per heavy atom. The van der Waals surface area contributed by atoms with Gasteiger partial charge in [0, 0.05) is 17.7 Å². The van der Waals surface area contributed by atoms with E-state index in [2.05, 4.69) is 25.5 Å². The van der Waals surface area contributed by atoms with E-state index in [4.69, 9.17) is 0 Å². The number of para-hydroxylation sites is 1. The number of carbonyl (C=O) groups is 1. The molecular weight excluding hydrogens is 426 g/mol. The zero-order valence-corrected chi connectivity index (χ0v) is 17.7. The molecule has 1 amide bonds. The van der Waals surface area contributed by atoms with Crippen molar-refractivity contribution in [3.8, 4) is 17.2 Å². The SMILES string of the molecule is Cc1cccc(-c2nnc(C3CC(NC(=O)c4ccc(F)cn4)C3)n2-c2ccccc2F)n1. The molecule has 7 nitrogen and oxygen atoms in total. The van der Waals surface area contributed by atoms with Crippen molar-refractivity contribution in [3.63, 3.8) is 0 Å². The molecular formula is C24H20F2N6O. The van der Waals surface area contributed by atoms with Gasteiger partial charge in [0.1, 0.15) is 28.8 Å². The van der Waals surface area contributed by atoms with E-state index >= 15 is 0 Å². The molecule has 9 heteroatoms. The molecule has 0 spiro atoms. The predicted molar refractivity (Wildman–Crippen MR) is 117 cm³/mol. The third-order valence-corrected chi connectivity index (χ3v) is 5.70. The maximum atomic E-state index is 14.8. The number of nitrogens with zero attached hydrogens (tertiary/aromatic N) is 5. The zero-order chi connectivity index (χ0) is 22.9. The summed E-state index contributed by atoms with van der Waals surface area (Å²) in [6.07, 6.45) is 2.23. The second-order valence-corrected chi connectivity index (χ2v) is 8.03. The Bertz CT molecular complexity index is 1310. The number of hydrogen-bond acceptors (Lipinski definition) is 5. The molecule has 1 aliphatic carbocycles. The summed E-state index contributed by atoms with van der Waals surface area (Å²) < 4.78 is 29.5. The molecule has 0 saturated heterocycles. The Morgan fingerprint density at radius 2 is 1.85 bits per heavy atom. The molecule has 0 atom stereocenters. The quantitative estimate of drug-likeness (QED) is 0.501. The molecule has 5 rings (SSSR count). The third-order valence-electron chi connectivity index (χ3n) is 5.70. The Hall–Kier alpha value is -4.01. The van der Waals surface area contributed by atoms with Gasteiger partial charge in [-0.05, 0) is 56.2 Å². The maximum absolute atomic E-state index is 14.8. The van der Waals surface area contributed by atoms with Crippen LogP contribution in [0.1, 0.15) is 40.8 Å². The number of amides is 1. The fourth-order valence-corrected chi connectivity index (χ4v) is 3.98. The Morgan fingerprint density at radius 1 is 1.03 bits per heavy atom. The Labute approximate surface area is 188 Å². The van der Waals surface area contributed by atoms with Gasteiger partial charge in [0.25, 0.3) is 5.91 Å². The summed E-state index contributed by atoms with van der Waals surface area (Å²) in [5.41, 5.74) is 1.92. The van der Waals surface area contributed by atoms with Gasteiger partial charge in [-0.15, -0.1) is 10.2 Å². The molecule has 1 fully saturated rings. The van der Waals surface area contributed by atoms with E-state index in [1.54, 1.807) is 22.8 Å². The first-order valence-corrected chi connectivity index (χ1v) is 10.6. The van der Waals surface area contributed by atoms with Crippen molar-refractivity contribution in [2.24, 2.45) is 0 Å². The molecule has 3 heterocycles. The van der Waals surface area contributed by atoms with Crippen molar-refractivity contribution < 1.29 is 13.6 Å². The lowest BCUT2D eigenvalue weighted by molar-refractivity contribution is 0.0902. The number of benzene rings is 1. The highest BCUT2D eigenvalue weighted by molar-refractivity contribution is 5.92. The minimum Gasteiger partial charge on any atom is -0.348 e. The minimum absolute atomic E-state index is 0.0258. The van der Waals surface area contributed by atoms with E-state index in [1.165, 1.54) is 18.2 Å². The second-order valence-electron chi connectivity index (χ2n) is 8.03. The van der Waals surface area contributed by atoms with Crippen LogP contribution in [0.25, 0.3) is 17.2 Å². The highest BCUT2D eigenvalue weighted by atomic mass is 19.1. The number of hydrogen-bond donors (Lipinski definition) is 1. The topological polar surface area (TPSA) is 85.6 Å². The van der Waals surface area contributed by atoms with Crippen molar-refractivity contribution in [2.75, 3.05) is 0 Å². The van der Waals surface area contributed by atoms with Crippen LogP contribution in [0.2, 0.25) is 0 Å². The molecule has 33 heavy (non-hydrogen) atoms. The third kappa shape index (κ3) is 4.09. The van der Waals surface area contributed by atoms with Crippen molar-refractivity contribution in [1.29, 1.82) is 0 Å². The van der Waals surface area contributed by atoms with Gasteiger partial charge in [-0.25, -0.2) is 18.7 Å². The fourth-order valence-electron chi connectivity index (χ4n) is 3.98. The summed E-state index contributed by atoms with van der Waals surface area (Å²) in [6.45, 7) is 1.88. The Balaban J connectivity index is 1.41. The molecule has 0 aliphatic heterocycles. The van der Waals surface area contributed by atoms with Crippen LogP contribution in [-0.4, -0.2) is 36.7 Å². The van der Waals surface area contributed by atoms with Crippen LogP contribution in [0, 0.1) is 18.6 Å². The lowest BCUT2D eigenvalue weighted by Crippen LogP contribution is -2.44. The molecule has 0 bridgehead atoms. The van der Waals surface area contributed by atoms with Gasteiger partial charge in [0.15, 0.2) is 5.82 Å². The summed E-state index contributed by atoms with van der Waals surface area (Å²) in [5.74, 6) is -0.202. The summed E-state index contributed by atoms with van der Waals surface area (Å²) >= 11 is 0. The van der Waals surface area contributed by atoms with Gasteiger partial charge in [-0.3, -0.25) is 9.36 Å². The van der Waals surface area contributed by atoms with E-state index < -0.39 is 5.82 Å². The van der Waals surface area contributed by atoms with Gasteiger partial charge in [-0.1, -0.05) is 18.2 Å². The summed E-state index contributed by atoms with van der Waals surface area (Å²) in [6, 6.07) is 14.5. The number of pyridine rings is 2. The lowest BCUT2D eigenvalue weighted by atomic mass is 9.79. The van der Waals surface area contributed by atoms with E-state index in [0.29, 0.717) is 35.9 Å². The van der Waals surface area contributed by atoms with Crippen LogP contribution in [0.5, 0.6) is 0 Å². The monoisotopic (exact) mass is 446 g/mol. The molecule has 0 radical (unpaired) electrons. The van der Waals surface area contributed by atoms with E-state index in [1.807, 2.05) is 25.1 Å². The normalized spacial score (nSPS) is 17.4. The van der Waals surface area contributed by atoms with E-state index in [0.717, 1.165) is 11.9 Å². The minimum atomic E-state index is -0.498. The number of nitrogens with one attached hydrogen (secondary N) is 1. The van der Waals surface area contributed by atoms with E-state index in [9.17, 15) is 13.6 Å². The first kappa shape index (κ1) is 20.9. The summed E-state index contributed by atoms with van der Waals surface area (Å²) in [7, 11) is 0. The van der Waals surface area contributed by atoms with Gasteiger partial charge < -0.3 is 5.32 Å². The standard InChI is InChI=1S/C24H20F2N6O/c1-14-5-4-7-19(28-14)23-31-30-22(32(23)21-8-3-2-6-18(21)26)15-11-17(12-15)29-24(33)20-10-9-16(25)13-27-20/h2-10,13,15,17H,11-12H2,1H3,(H,29,33). The van der Waals surface area contributed by atoms with Crippen molar-refractivity contribution in [2.45, 2.75) is 31.7 Å². The molecule has 0 unspecified atom stereocenters. The predicted octanol–water partition coefficient (Wildman–Crippen LogP) is 3.99. The van der Waals surface area contributed by atoms with Gasteiger partial charge in [0.2, 0.25) is 0 Å². The number of carbonyl (C=O) groups excluding carboxylic acids is 1. The maximum Gasteiger partial charge on any atom is 0.270 e. The Kier molecular flexibility index (Phi) is 5.37. The molecule has 1 aliphatic rings. The summed E-state index contributed by atoms with van der Waals surface area (Å²) in [4.78, 5) is 20.7. The van der Waals surface area contributed by atoms with Crippen LogP contribution in [0.3, 0.4) is 0 Å². The molecule has 1 aromatic carbocycles. The highest BCUT2D eigenvalue weighted by Gasteiger charge is 2.36. The number of aryl methyl sites for hydroxylation is 1. The first-order valence-electron chi connectivity index (χ1n) is 10.6. The number of rotatable bonds is 5. The van der Waals surface area contributed by atoms with Crippen molar-refractivity contribution in [3.05, 3.63) is 89.6 Å². The second kappa shape index (κ2) is 8.50. The number of aromatic nitrogens is 5. The summed E-state index contributed by atoms with van der Waals surface area (Å²) in [5, 5.41) is 11.6. The lowest BCUT2D eigenvalue weighted by Gasteiger charge is -2.35. The van der Waals surface area contributed by atoms with E-state index in [-0.39, 0.29) is 29.4 Å².